The minimum absolute atomic E-state index is 0.0201. The van der Waals surface area contributed by atoms with Gasteiger partial charge in [0, 0.05) is 31.1 Å². The quantitative estimate of drug-likeness (QED) is 0.477. The molecule has 1 aromatic carbocycles. The van der Waals surface area contributed by atoms with E-state index in [0.29, 0.717) is 31.6 Å². The van der Waals surface area contributed by atoms with Gasteiger partial charge in [0.2, 0.25) is 5.91 Å². The van der Waals surface area contributed by atoms with Crippen LogP contribution in [0, 0.1) is 16.0 Å². The van der Waals surface area contributed by atoms with Crippen molar-refractivity contribution < 1.29 is 9.72 Å². The van der Waals surface area contributed by atoms with Gasteiger partial charge in [-0.05, 0) is 18.9 Å². The fourth-order valence-corrected chi connectivity index (χ4v) is 2.35. The molecule has 0 radical (unpaired) electrons. The van der Waals surface area contributed by atoms with Crippen LogP contribution >= 0.6 is 0 Å². The lowest BCUT2D eigenvalue weighted by atomic mass is 9.96. The molecule has 2 rings (SSSR count). The predicted octanol–water partition coefficient (Wildman–Crippen LogP) is 0.879. The average Bonchev–Trinajstić information content (AvgIpc) is 2.38. The van der Waals surface area contributed by atoms with Crippen LogP contribution in [0.3, 0.4) is 0 Å². The molecule has 102 valence electrons. The molecule has 19 heavy (non-hydrogen) atoms. The number of nitrogens with zero attached hydrogens (tertiary/aromatic N) is 2. The van der Waals surface area contributed by atoms with Crippen molar-refractivity contribution in [2.45, 2.75) is 12.8 Å². The average molecular weight is 264 g/mol. The minimum atomic E-state index is -0.473. The van der Waals surface area contributed by atoms with Crippen LogP contribution in [0.15, 0.2) is 18.2 Å². The molecule has 1 aromatic rings. The van der Waals surface area contributed by atoms with Crippen molar-refractivity contribution in [2.75, 3.05) is 23.7 Å². The largest absolute Gasteiger partial charge is 0.397 e. The van der Waals surface area contributed by atoms with Crippen LogP contribution in [0.4, 0.5) is 17.1 Å². The molecule has 1 heterocycles. The highest BCUT2D eigenvalue weighted by Crippen LogP contribution is 2.30. The Morgan fingerprint density at radius 3 is 2.47 bits per heavy atom. The first-order chi connectivity index (χ1) is 8.99. The summed E-state index contributed by atoms with van der Waals surface area (Å²) in [4.78, 5) is 23.3. The third-order valence-corrected chi connectivity index (χ3v) is 3.46. The summed E-state index contributed by atoms with van der Waals surface area (Å²) < 4.78 is 0. The Morgan fingerprint density at radius 2 is 2.00 bits per heavy atom. The van der Waals surface area contributed by atoms with E-state index >= 15 is 0 Å². The lowest BCUT2D eigenvalue weighted by Crippen LogP contribution is -2.38. The summed E-state index contributed by atoms with van der Waals surface area (Å²) in [6.07, 6.45) is 1.37. The summed E-state index contributed by atoms with van der Waals surface area (Å²) >= 11 is 0. The molecule has 1 saturated heterocycles. The Morgan fingerprint density at radius 1 is 1.37 bits per heavy atom. The smallest absolute Gasteiger partial charge is 0.271 e. The molecular formula is C12H16N4O3. The van der Waals surface area contributed by atoms with Gasteiger partial charge in [0.1, 0.15) is 0 Å². The second-order valence-electron chi connectivity index (χ2n) is 4.66. The molecule has 0 saturated carbocycles. The summed E-state index contributed by atoms with van der Waals surface area (Å²) in [7, 11) is 0. The molecule has 0 atom stereocenters. The first kappa shape index (κ1) is 13.1. The fourth-order valence-electron chi connectivity index (χ4n) is 2.35. The van der Waals surface area contributed by atoms with Crippen molar-refractivity contribution in [1.82, 2.24) is 0 Å². The lowest BCUT2D eigenvalue weighted by Gasteiger charge is -2.32. The maximum Gasteiger partial charge on any atom is 0.271 e. The number of anilines is 2. The summed E-state index contributed by atoms with van der Waals surface area (Å²) in [6, 6.07) is 4.44. The van der Waals surface area contributed by atoms with Gasteiger partial charge < -0.3 is 16.4 Å². The number of carbonyl (C=O) groups is 1. The molecule has 0 unspecified atom stereocenters. The van der Waals surface area contributed by atoms with Crippen molar-refractivity contribution in [3.8, 4) is 0 Å². The van der Waals surface area contributed by atoms with Crippen LogP contribution in [0.2, 0.25) is 0 Å². The number of nitro groups is 1. The molecule has 1 fully saturated rings. The first-order valence-corrected chi connectivity index (χ1v) is 6.07. The SMILES string of the molecule is NC(=O)C1CCN(c2ccc([N+](=O)[O-])cc2N)CC1. The Labute approximate surface area is 110 Å². The molecule has 7 nitrogen and oxygen atoms in total. The summed E-state index contributed by atoms with van der Waals surface area (Å²) in [5.41, 5.74) is 12.3. The monoisotopic (exact) mass is 264 g/mol. The van der Waals surface area contributed by atoms with Crippen LogP contribution < -0.4 is 16.4 Å². The molecule has 0 aliphatic carbocycles. The van der Waals surface area contributed by atoms with Gasteiger partial charge >= 0.3 is 0 Å². The standard InChI is InChI=1S/C12H16N4O3/c13-10-7-9(16(18)19)1-2-11(10)15-5-3-8(4-6-15)12(14)17/h1-2,7-8H,3-6,13H2,(H2,14,17). The van der Waals surface area contributed by atoms with E-state index in [2.05, 4.69) is 0 Å². The molecule has 7 heteroatoms. The first-order valence-electron chi connectivity index (χ1n) is 6.07. The highest BCUT2D eigenvalue weighted by atomic mass is 16.6. The van der Waals surface area contributed by atoms with E-state index in [1.165, 1.54) is 12.1 Å². The molecule has 1 aliphatic heterocycles. The van der Waals surface area contributed by atoms with Gasteiger partial charge in [-0.25, -0.2) is 0 Å². The van der Waals surface area contributed by atoms with E-state index in [9.17, 15) is 14.9 Å². The van der Waals surface area contributed by atoms with E-state index in [1.54, 1.807) is 6.07 Å². The second-order valence-corrected chi connectivity index (χ2v) is 4.66. The van der Waals surface area contributed by atoms with Crippen molar-refractivity contribution >= 4 is 23.0 Å². The molecule has 0 aromatic heterocycles. The lowest BCUT2D eigenvalue weighted by molar-refractivity contribution is -0.384. The number of nitrogen functional groups attached to an aromatic ring is 1. The molecule has 0 spiro atoms. The Balaban J connectivity index is 2.11. The number of hydrogen-bond acceptors (Lipinski definition) is 5. The highest BCUT2D eigenvalue weighted by molar-refractivity contribution is 5.77. The Bertz CT molecular complexity index is 510. The maximum absolute atomic E-state index is 11.1. The number of amides is 1. The predicted molar refractivity (Wildman–Crippen MR) is 71.6 cm³/mol. The van der Waals surface area contributed by atoms with Crippen LogP contribution in [-0.4, -0.2) is 23.9 Å². The van der Waals surface area contributed by atoms with Crippen molar-refractivity contribution in [1.29, 1.82) is 0 Å². The van der Waals surface area contributed by atoms with Crippen molar-refractivity contribution in [2.24, 2.45) is 11.7 Å². The molecular weight excluding hydrogens is 248 g/mol. The molecule has 1 amide bonds. The summed E-state index contributed by atoms with van der Waals surface area (Å²) in [5, 5.41) is 10.6. The third kappa shape index (κ3) is 2.75. The number of nitro benzene ring substituents is 1. The number of carbonyl (C=O) groups excluding carboxylic acids is 1. The number of primary amides is 1. The van der Waals surface area contributed by atoms with E-state index in [4.69, 9.17) is 11.5 Å². The normalized spacial score (nSPS) is 16.3. The Kier molecular flexibility index (Phi) is 3.55. The highest BCUT2D eigenvalue weighted by Gasteiger charge is 2.24. The Hall–Kier alpha value is -2.31. The van der Waals surface area contributed by atoms with E-state index < -0.39 is 4.92 Å². The molecule has 0 bridgehead atoms. The van der Waals surface area contributed by atoms with Gasteiger partial charge in [0.05, 0.1) is 16.3 Å². The van der Waals surface area contributed by atoms with Crippen LogP contribution in [0.5, 0.6) is 0 Å². The number of non-ortho nitro benzene ring substituents is 1. The van der Waals surface area contributed by atoms with E-state index in [0.717, 1.165) is 5.69 Å². The van der Waals surface area contributed by atoms with Gasteiger partial charge in [-0.1, -0.05) is 0 Å². The topological polar surface area (TPSA) is 115 Å². The number of benzene rings is 1. The molecule has 1 aliphatic rings. The van der Waals surface area contributed by atoms with Gasteiger partial charge in [0.25, 0.3) is 5.69 Å². The number of nitrogens with two attached hydrogens (primary N) is 2. The van der Waals surface area contributed by atoms with Crippen LogP contribution in [0.25, 0.3) is 0 Å². The zero-order valence-electron chi connectivity index (χ0n) is 10.4. The van der Waals surface area contributed by atoms with Crippen molar-refractivity contribution in [3.63, 3.8) is 0 Å². The third-order valence-electron chi connectivity index (χ3n) is 3.46. The summed E-state index contributed by atoms with van der Waals surface area (Å²) in [6.45, 7) is 1.35. The van der Waals surface area contributed by atoms with Crippen LogP contribution in [0.1, 0.15) is 12.8 Å². The second kappa shape index (κ2) is 5.13. The van der Waals surface area contributed by atoms with Gasteiger partial charge in [-0.2, -0.15) is 0 Å². The summed E-state index contributed by atoms with van der Waals surface area (Å²) in [5.74, 6) is -0.355. The maximum atomic E-state index is 11.1. The number of rotatable bonds is 3. The van der Waals surface area contributed by atoms with Gasteiger partial charge in [0.15, 0.2) is 0 Å². The minimum Gasteiger partial charge on any atom is -0.397 e. The van der Waals surface area contributed by atoms with Gasteiger partial charge in [-0.3, -0.25) is 14.9 Å². The zero-order valence-corrected chi connectivity index (χ0v) is 10.4. The number of hydrogen-bond donors (Lipinski definition) is 2. The van der Waals surface area contributed by atoms with E-state index in [1.807, 2.05) is 4.90 Å². The number of piperidine rings is 1. The fraction of sp³-hybridized carbons (Fsp3) is 0.417. The van der Waals surface area contributed by atoms with Gasteiger partial charge in [-0.15, -0.1) is 0 Å². The van der Waals surface area contributed by atoms with Crippen LogP contribution in [-0.2, 0) is 4.79 Å². The van der Waals surface area contributed by atoms with E-state index in [-0.39, 0.29) is 17.5 Å². The molecule has 4 N–H and O–H groups in total. The zero-order chi connectivity index (χ0) is 14.0. The van der Waals surface area contributed by atoms with Crippen molar-refractivity contribution in [3.05, 3.63) is 28.3 Å².